The van der Waals surface area contributed by atoms with E-state index >= 15 is 0 Å². The van der Waals surface area contributed by atoms with E-state index in [0.29, 0.717) is 5.95 Å². The van der Waals surface area contributed by atoms with Gasteiger partial charge < -0.3 is 4.74 Å². The molecule has 1 aromatic heterocycles. The van der Waals surface area contributed by atoms with Crippen molar-refractivity contribution < 1.29 is 4.74 Å². The Morgan fingerprint density at radius 3 is 2.37 bits per heavy atom. The van der Waals surface area contributed by atoms with E-state index < -0.39 is 0 Å². The Balaban J connectivity index is 2.63. The molecule has 0 aliphatic heterocycles. The monoisotopic (exact) mass is 258 g/mol. The first-order chi connectivity index (χ1) is 9.05. The van der Waals surface area contributed by atoms with Crippen LogP contribution in [0.25, 0.3) is 11.3 Å². The van der Waals surface area contributed by atoms with Gasteiger partial charge in [-0.1, -0.05) is 0 Å². The molecule has 19 heavy (non-hydrogen) atoms. The van der Waals surface area contributed by atoms with Gasteiger partial charge in [0.2, 0.25) is 5.95 Å². The molecule has 0 saturated carbocycles. The first kappa shape index (κ1) is 13.3. The Morgan fingerprint density at radius 1 is 1.05 bits per heavy atom. The predicted molar refractivity (Wildman–Crippen MR) is 76.0 cm³/mol. The molecule has 0 unspecified atom stereocenters. The summed E-state index contributed by atoms with van der Waals surface area (Å²) in [7, 11) is 1.66. The molecule has 5 nitrogen and oxygen atoms in total. The van der Waals surface area contributed by atoms with E-state index in [2.05, 4.69) is 35.3 Å². The minimum absolute atomic E-state index is 0.398. The van der Waals surface area contributed by atoms with E-state index in [1.807, 2.05) is 19.1 Å². The summed E-state index contributed by atoms with van der Waals surface area (Å²) in [6.07, 6.45) is 0. The van der Waals surface area contributed by atoms with Crippen molar-refractivity contribution in [1.82, 2.24) is 9.97 Å². The standard InChI is InChI=1S/C14H18N4O/c1-8-5-11(13(19-4)6-9(8)2)12-7-10(3)16-14(17-12)18-15/h5-7H,15H2,1-4H3,(H,16,17,18). The highest BCUT2D eigenvalue weighted by molar-refractivity contribution is 5.70. The number of nitrogens with two attached hydrogens (primary N) is 1. The Morgan fingerprint density at radius 2 is 1.74 bits per heavy atom. The van der Waals surface area contributed by atoms with E-state index in [0.717, 1.165) is 22.7 Å². The third-order valence-electron chi connectivity index (χ3n) is 3.08. The van der Waals surface area contributed by atoms with E-state index in [1.54, 1.807) is 7.11 Å². The van der Waals surface area contributed by atoms with Crippen molar-refractivity contribution in [3.8, 4) is 17.0 Å². The van der Waals surface area contributed by atoms with E-state index in [1.165, 1.54) is 11.1 Å². The van der Waals surface area contributed by atoms with Crippen molar-refractivity contribution >= 4 is 5.95 Å². The zero-order chi connectivity index (χ0) is 14.0. The van der Waals surface area contributed by atoms with Gasteiger partial charge in [0.15, 0.2) is 0 Å². The third-order valence-corrected chi connectivity index (χ3v) is 3.08. The van der Waals surface area contributed by atoms with Crippen molar-refractivity contribution in [3.05, 3.63) is 35.0 Å². The predicted octanol–water partition coefficient (Wildman–Crippen LogP) is 2.36. The number of methoxy groups -OCH3 is 1. The molecule has 2 rings (SSSR count). The summed E-state index contributed by atoms with van der Waals surface area (Å²) in [5.74, 6) is 6.58. The number of hydrogen-bond acceptors (Lipinski definition) is 5. The van der Waals surface area contributed by atoms with Gasteiger partial charge in [0.05, 0.1) is 12.8 Å². The van der Waals surface area contributed by atoms with Crippen LogP contribution in [0, 0.1) is 20.8 Å². The summed E-state index contributed by atoms with van der Waals surface area (Å²) in [5.41, 5.74) is 7.43. The van der Waals surface area contributed by atoms with Crippen LogP contribution in [0.2, 0.25) is 0 Å². The summed E-state index contributed by atoms with van der Waals surface area (Å²) >= 11 is 0. The fourth-order valence-corrected chi connectivity index (χ4v) is 1.93. The van der Waals surface area contributed by atoms with Crippen LogP contribution in [0.15, 0.2) is 18.2 Å². The van der Waals surface area contributed by atoms with Crippen LogP contribution in [0.5, 0.6) is 5.75 Å². The number of rotatable bonds is 3. The smallest absolute Gasteiger partial charge is 0.237 e. The molecule has 0 fully saturated rings. The average molecular weight is 258 g/mol. The van der Waals surface area contributed by atoms with Gasteiger partial charge in [-0.15, -0.1) is 0 Å². The van der Waals surface area contributed by atoms with E-state index in [-0.39, 0.29) is 0 Å². The number of benzene rings is 1. The number of nitrogens with zero attached hydrogens (tertiary/aromatic N) is 2. The van der Waals surface area contributed by atoms with Gasteiger partial charge >= 0.3 is 0 Å². The quantitative estimate of drug-likeness (QED) is 0.653. The van der Waals surface area contributed by atoms with E-state index in [9.17, 15) is 0 Å². The molecule has 0 aliphatic carbocycles. The van der Waals surface area contributed by atoms with Crippen LogP contribution in [0.4, 0.5) is 5.95 Å². The van der Waals surface area contributed by atoms with Crippen LogP contribution in [-0.2, 0) is 0 Å². The molecular formula is C14H18N4O. The summed E-state index contributed by atoms with van der Waals surface area (Å²) in [6, 6.07) is 5.99. The Hall–Kier alpha value is -2.14. The maximum Gasteiger partial charge on any atom is 0.237 e. The lowest BCUT2D eigenvalue weighted by molar-refractivity contribution is 0.416. The zero-order valence-electron chi connectivity index (χ0n) is 11.6. The number of nitrogen functional groups attached to an aromatic ring is 1. The minimum Gasteiger partial charge on any atom is -0.496 e. The van der Waals surface area contributed by atoms with Gasteiger partial charge in [0.25, 0.3) is 0 Å². The summed E-state index contributed by atoms with van der Waals surface area (Å²) in [6.45, 7) is 6.02. The molecule has 5 heteroatoms. The maximum absolute atomic E-state index is 5.44. The van der Waals surface area contributed by atoms with Gasteiger partial charge in [-0.3, -0.25) is 5.43 Å². The van der Waals surface area contributed by atoms with Crippen molar-refractivity contribution in [2.24, 2.45) is 5.84 Å². The second-order valence-electron chi connectivity index (χ2n) is 4.50. The molecule has 100 valence electrons. The number of hydrogen-bond donors (Lipinski definition) is 2. The van der Waals surface area contributed by atoms with Crippen molar-refractivity contribution in [2.45, 2.75) is 20.8 Å². The molecule has 1 heterocycles. The van der Waals surface area contributed by atoms with Crippen LogP contribution in [-0.4, -0.2) is 17.1 Å². The summed E-state index contributed by atoms with van der Waals surface area (Å²) < 4.78 is 5.44. The zero-order valence-corrected chi connectivity index (χ0v) is 11.6. The Kier molecular flexibility index (Phi) is 3.66. The van der Waals surface area contributed by atoms with Crippen molar-refractivity contribution in [1.29, 1.82) is 0 Å². The molecule has 3 N–H and O–H groups in total. The lowest BCUT2D eigenvalue weighted by Crippen LogP contribution is -2.11. The molecule has 0 spiro atoms. The lowest BCUT2D eigenvalue weighted by atomic mass is 10.0. The van der Waals surface area contributed by atoms with Gasteiger partial charge in [0, 0.05) is 11.3 Å². The molecule has 0 aliphatic rings. The molecular weight excluding hydrogens is 240 g/mol. The molecule has 2 aromatic rings. The molecule has 1 aromatic carbocycles. The Labute approximate surface area is 112 Å². The largest absolute Gasteiger partial charge is 0.496 e. The Bertz CT molecular complexity index is 611. The van der Waals surface area contributed by atoms with Gasteiger partial charge in [-0.05, 0) is 50.1 Å². The van der Waals surface area contributed by atoms with E-state index in [4.69, 9.17) is 10.6 Å². The van der Waals surface area contributed by atoms with Crippen LogP contribution in [0.1, 0.15) is 16.8 Å². The second kappa shape index (κ2) is 5.24. The highest BCUT2D eigenvalue weighted by Crippen LogP contribution is 2.32. The number of nitrogens with one attached hydrogen (secondary N) is 1. The number of ether oxygens (including phenoxy) is 1. The van der Waals surface area contributed by atoms with Gasteiger partial charge in [0.1, 0.15) is 5.75 Å². The topological polar surface area (TPSA) is 73.1 Å². The lowest BCUT2D eigenvalue weighted by Gasteiger charge is -2.12. The maximum atomic E-state index is 5.44. The SMILES string of the molecule is COc1cc(C)c(C)cc1-c1cc(C)nc(NN)n1. The third kappa shape index (κ3) is 2.66. The highest BCUT2D eigenvalue weighted by Gasteiger charge is 2.11. The van der Waals surface area contributed by atoms with Crippen molar-refractivity contribution in [2.75, 3.05) is 12.5 Å². The number of aromatic nitrogens is 2. The molecule has 0 atom stereocenters. The van der Waals surface area contributed by atoms with Crippen LogP contribution >= 0.6 is 0 Å². The van der Waals surface area contributed by atoms with Crippen LogP contribution < -0.4 is 16.0 Å². The van der Waals surface area contributed by atoms with Crippen molar-refractivity contribution in [3.63, 3.8) is 0 Å². The van der Waals surface area contributed by atoms with Gasteiger partial charge in [-0.25, -0.2) is 15.8 Å². The summed E-state index contributed by atoms with van der Waals surface area (Å²) in [4.78, 5) is 8.56. The van der Waals surface area contributed by atoms with Gasteiger partial charge in [-0.2, -0.15) is 0 Å². The first-order valence-corrected chi connectivity index (χ1v) is 6.03. The molecule has 0 bridgehead atoms. The fraction of sp³-hybridized carbons (Fsp3) is 0.286. The van der Waals surface area contributed by atoms with Crippen LogP contribution in [0.3, 0.4) is 0 Å². The highest BCUT2D eigenvalue weighted by atomic mass is 16.5. The molecule has 0 amide bonds. The average Bonchev–Trinajstić information content (AvgIpc) is 2.40. The number of anilines is 1. The second-order valence-corrected chi connectivity index (χ2v) is 4.50. The normalized spacial score (nSPS) is 10.4. The number of aryl methyl sites for hydroxylation is 3. The first-order valence-electron chi connectivity index (χ1n) is 6.03. The molecule has 0 saturated heterocycles. The minimum atomic E-state index is 0.398. The number of hydrazine groups is 1. The summed E-state index contributed by atoms with van der Waals surface area (Å²) in [5, 5.41) is 0. The molecule has 0 radical (unpaired) electrons. The fourth-order valence-electron chi connectivity index (χ4n) is 1.93.